The lowest BCUT2D eigenvalue weighted by molar-refractivity contribution is 0.0513. The summed E-state index contributed by atoms with van der Waals surface area (Å²) >= 11 is 6.54. The molecule has 0 aliphatic heterocycles. The van der Waals surface area contributed by atoms with Gasteiger partial charge in [0.1, 0.15) is 0 Å². The number of para-hydroxylation sites is 2. The van der Waals surface area contributed by atoms with Gasteiger partial charge in [0.15, 0.2) is 0 Å². The van der Waals surface area contributed by atoms with Crippen molar-refractivity contribution >= 4 is 45.3 Å². The Morgan fingerprint density at radius 3 is 1.69 bits per heavy atom. The summed E-state index contributed by atoms with van der Waals surface area (Å²) in [5.41, 5.74) is 6.31. The number of nitrogens with zero attached hydrogens (tertiary/aromatic N) is 1. The smallest absolute Gasteiger partial charge is 0.338 e. The topological polar surface area (TPSA) is 57.5 Å². The first-order valence-electron chi connectivity index (χ1n) is 13.9. The normalized spacial score (nSPS) is 11.1. The highest BCUT2D eigenvalue weighted by Gasteiger charge is 2.24. The standard InChI is InChI=1S/C36H28ClNO4/c1-3-41-35(39)30-22-29(25-11-5-8-14-32(25)37)31(36(40)42-4-2)21-28(30)23-17-19-24(20-18-23)38-33-15-9-6-12-26(33)27-13-7-10-16-34(27)38/h5-22H,3-4H2,1-2H3. The largest absolute Gasteiger partial charge is 0.462 e. The van der Waals surface area contributed by atoms with Gasteiger partial charge in [-0.2, -0.15) is 0 Å². The van der Waals surface area contributed by atoms with Crippen molar-refractivity contribution in [2.24, 2.45) is 0 Å². The van der Waals surface area contributed by atoms with E-state index < -0.39 is 11.9 Å². The molecule has 0 amide bonds. The molecule has 0 fully saturated rings. The van der Waals surface area contributed by atoms with Crippen LogP contribution in [-0.2, 0) is 9.47 Å². The van der Waals surface area contributed by atoms with Gasteiger partial charge in [0.2, 0.25) is 0 Å². The quantitative estimate of drug-likeness (QED) is 0.179. The molecule has 0 aliphatic rings. The van der Waals surface area contributed by atoms with E-state index in [0.29, 0.717) is 32.8 Å². The fourth-order valence-corrected chi connectivity index (χ4v) is 5.72. The molecule has 1 heterocycles. The molecule has 0 saturated heterocycles. The van der Waals surface area contributed by atoms with E-state index in [2.05, 4.69) is 28.8 Å². The Kier molecular flexibility index (Phi) is 7.51. The van der Waals surface area contributed by atoms with Crippen LogP contribution >= 0.6 is 11.6 Å². The van der Waals surface area contributed by atoms with Gasteiger partial charge in [0.05, 0.1) is 35.4 Å². The van der Waals surface area contributed by atoms with E-state index in [4.69, 9.17) is 21.1 Å². The Bertz CT molecular complexity index is 1900. The molecule has 0 spiro atoms. The highest BCUT2D eigenvalue weighted by atomic mass is 35.5. The summed E-state index contributed by atoms with van der Waals surface area (Å²) in [6.45, 7) is 3.95. The number of fused-ring (bicyclic) bond motifs is 3. The Hall–Kier alpha value is -4.87. The summed E-state index contributed by atoms with van der Waals surface area (Å²) in [6, 6.07) is 35.2. The zero-order chi connectivity index (χ0) is 29.2. The van der Waals surface area contributed by atoms with Crippen LogP contribution in [0.3, 0.4) is 0 Å². The van der Waals surface area contributed by atoms with Crippen molar-refractivity contribution in [3.05, 3.63) is 125 Å². The number of hydrogen-bond donors (Lipinski definition) is 0. The van der Waals surface area contributed by atoms with Crippen LogP contribution in [-0.4, -0.2) is 29.7 Å². The van der Waals surface area contributed by atoms with Crippen LogP contribution in [0.4, 0.5) is 0 Å². The average Bonchev–Trinajstić information content (AvgIpc) is 3.35. The lowest BCUT2D eigenvalue weighted by Gasteiger charge is -2.17. The Labute approximate surface area is 248 Å². The van der Waals surface area contributed by atoms with Crippen molar-refractivity contribution in [3.63, 3.8) is 0 Å². The first-order valence-corrected chi connectivity index (χ1v) is 14.3. The minimum absolute atomic E-state index is 0.212. The number of halogens is 1. The number of ether oxygens (including phenoxy) is 2. The third-order valence-electron chi connectivity index (χ3n) is 7.33. The highest BCUT2D eigenvalue weighted by molar-refractivity contribution is 6.33. The summed E-state index contributed by atoms with van der Waals surface area (Å²) < 4.78 is 13.1. The molecule has 0 saturated carbocycles. The first-order chi connectivity index (χ1) is 20.5. The van der Waals surface area contributed by atoms with Crippen molar-refractivity contribution in [2.45, 2.75) is 13.8 Å². The predicted octanol–water partition coefficient (Wildman–Crippen LogP) is 9.12. The molecule has 6 aromatic rings. The molecule has 0 N–H and O–H groups in total. The minimum atomic E-state index is -0.494. The zero-order valence-corrected chi connectivity index (χ0v) is 24.0. The second-order valence-corrected chi connectivity index (χ2v) is 10.2. The molecular formula is C36H28ClNO4. The number of carbonyl (C=O) groups is 2. The SMILES string of the molecule is CCOC(=O)c1cc(-c2ccccc2Cl)c(C(=O)OCC)cc1-c1ccc(-n2c3ccccc3c3ccccc32)cc1. The molecule has 6 rings (SSSR count). The van der Waals surface area contributed by atoms with Crippen LogP contribution in [0, 0.1) is 0 Å². The fraction of sp³-hybridized carbons (Fsp3) is 0.111. The molecular weight excluding hydrogens is 546 g/mol. The zero-order valence-electron chi connectivity index (χ0n) is 23.3. The Balaban J connectivity index is 1.54. The maximum Gasteiger partial charge on any atom is 0.338 e. The van der Waals surface area contributed by atoms with E-state index in [9.17, 15) is 9.59 Å². The van der Waals surface area contributed by atoms with E-state index in [1.807, 2.05) is 66.7 Å². The Morgan fingerprint density at radius 2 is 1.12 bits per heavy atom. The van der Waals surface area contributed by atoms with Crippen molar-refractivity contribution in [1.29, 1.82) is 0 Å². The number of rotatable bonds is 7. The number of esters is 2. The third kappa shape index (κ3) is 4.82. The third-order valence-corrected chi connectivity index (χ3v) is 7.66. The average molecular weight is 574 g/mol. The van der Waals surface area contributed by atoms with E-state index in [-0.39, 0.29) is 13.2 Å². The lowest BCUT2D eigenvalue weighted by atomic mass is 9.90. The van der Waals surface area contributed by atoms with Crippen LogP contribution in [0.2, 0.25) is 5.02 Å². The number of hydrogen-bond acceptors (Lipinski definition) is 4. The Morgan fingerprint density at radius 1 is 0.619 bits per heavy atom. The van der Waals surface area contributed by atoms with Gasteiger partial charge in [0.25, 0.3) is 0 Å². The molecule has 5 aromatic carbocycles. The molecule has 0 radical (unpaired) electrons. The second-order valence-electron chi connectivity index (χ2n) is 9.78. The highest BCUT2D eigenvalue weighted by Crippen LogP contribution is 2.38. The fourth-order valence-electron chi connectivity index (χ4n) is 5.49. The first kappa shape index (κ1) is 27.3. The van der Waals surface area contributed by atoms with Gasteiger partial charge in [-0.25, -0.2) is 9.59 Å². The maximum absolute atomic E-state index is 13.3. The van der Waals surface area contributed by atoms with Gasteiger partial charge < -0.3 is 14.0 Å². The van der Waals surface area contributed by atoms with Gasteiger partial charge >= 0.3 is 11.9 Å². The molecule has 0 atom stereocenters. The molecule has 0 aliphatic carbocycles. The molecule has 1 aromatic heterocycles. The number of carbonyl (C=O) groups excluding carboxylic acids is 2. The van der Waals surface area contributed by atoms with Gasteiger partial charge in [-0.15, -0.1) is 0 Å². The van der Waals surface area contributed by atoms with Crippen LogP contribution in [0.25, 0.3) is 49.7 Å². The second kappa shape index (κ2) is 11.6. The van der Waals surface area contributed by atoms with Gasteiger partial charge in [-0.1, -0.05) is 78.3 Å². The van der Waals surface area contributed by atoms with Crippen molar-refractivity contribution in [1.82, 2.24) is 4.57 Å². The van der Waals surface area contributed by atoms with Gasteiger partial charge in [0, 0.05) is 27.0 Å². The molecule has 42 heavy (non-hydrogen) atoms. The lowest BCUT2D eigenvalue weighted by Crippen LogP contribution is -2.12. The molecule has 0 unspecified atom stereocenters. The summed E-state index contributed by atoms with van der Waals surface area (Å²) in [4.78, 5) is 26.5. The van der Waals surface area contributed by atoms with E-state index in [1.54, 1.807) is 32.0 Å². The van der Waals surface area contributed by atoms with Crippen LogP contribution < -0.4 is 0 Å². The molecule has 5 nitrogen and oxygen atoms in total. The van der Waals surface area contributed by atoms with E-state index in [1.165, 1.54) is 10.8 Å². The molecule has 6 heteroatoms. The van der Waals surface area contributed by atoms with Crippen molar-refractivity contribution < 1.29 is 19.1 Å². The summed E-state index contributed by atoms with van der Waals surface area (Å²) in [5.74, 6) is -0.978. The van der Waals surface area contributed by atoms with Gasteiger partial charge in [-0.3, -0.25) is 0 Å². The number of benzene rings is 5. The minimum Gasteiger partial charge on any atom is -0.462 e. The monoisotopic (exact) mass is 573 g/mol. The maximum atomic E-state index is 13.3. The molecule has 208 valence electrons. The van der Waals surface area contributed by atoms with Crippen molar-refractivity contribution in [2.75, 3.05) is 13.2 Å². The predicted molar refractivity (Wildman–Crippen MR) is 169 cm³/mol. The van der Waals surface area contributed by atoms with E-state index in [0.717, 1.165) is 22.3 Å². The summed E-state index contributed by atoms with van der Waals surface area (Å²) in [5, 5.41) is 2.81. The van der Waals surface area contributed by atoms with Crippen LogP contribution in [0.5, 0.6) is 0 Å². The summed E-state index contributed by atoms with van der Waals surface area (Å²) in [7, 11) is 0. The molecule has 0 bridgehead atoms. The van der Waals surface area contributed by atoms with Crippen LogP contribution in [0.15, 0.2) is 109 Å². The van der Waals surface area contributed by atoms with Crippen LogP contribution in [0.1, 0.15) is 34.6 Å². The summed E-state index contributed by atoms with van der Waals surface area (Å²) in [6.07, 6.45) is 0. The van der Waals surface area contributed by atoms with Gasteiger partial charge in [-0.05, 0) is 73.0 Å². The van der Waals surface area contributed by atoms with Crippen molar-refractivity contribution in [3.8, 4) is 27.9 Å². The van der Waals surface area contributed by atoms with E-state index >= 15 is 0 Å². The number of aromatic nitrogens is 1.